The number of carbonyl (C=O) groups excluding carboxylic acids is 2. The first-order valence-corrected chi connectivity index (χ1v) is 11.7. The molecule has 0 spiro atoms. The number of esters is 1. The number of rotatable bonds is 8. The van der Waals surface area contributed by atoms with Crippen LogP contribution in [-0.2, 0) is 16.0 Å². The summed E-state index contributed by atoms with van der Waals surface area (Å²) >= 11 is 1.37. The number of aryl methyl sites for hydroxylation is 1. The summed E-state index contributed by atoms with van der Waals surface area (Å²) in [5, 5.41) is 9.56. The van der Waals surface area contributed by atoms with Crippen LogP contribution in [0.4, 0.5) is 5.95 Å². The van der Waals surface area contributed by atoms with Crippen molar-refractivity contribution in [2.24, 2.45) is 0 Å². The van der Waals surface area contributed by atoms with E-state index in [9.17, 15) is 9.59 Å². The largest absolute Gasteiger partial charge is 0.465 e. The molecule has 168 valence electrons. The van der Waals surface area contributed by atoms with E-state index < -0.39 is 5.97 Å². The molecule has 2 aliphatic heterocycles. The predicted octanol–water partition coefficient (Wildman–Crippen LogP) is 2.76. The molecule has 0 aliphatic carbocycles. The second-order valence-electron chi connectivity index (χ2n) is 8.05. The van der Waals surface area contributed by atoms with Gasteiger partial charge in [0, 0.05) is 25.4 Å². The van der Waals surface area contributed by atoms with Crippen LogP contribution in [0.15, 0.2) is 5.16 Å². The van der Waals surface area contributed by atoms with Crippen molar-refractivity contribution in [2.45, 2.75) is 57.3 Å². The first-order chi connectivity index (χ1) is 15.0. The van der Waals surface area contributed by atoms with Crippen LogP contribution in [0.3, 0.4) is 0 Å². The molecule has 0 unspecified atom stereocenters. The Morgan fingerprint density at radius 3 is 2.68 bits per heavy atom. The summed E-state index contributed by atoms with van der Waals surface area (Å²) in [5.41, 5.74) is 2.12. The van der Waals surface area contributed by atoms with Gasteiger partial charge in [-0.2, -0.15) is 0 Å². The molecular formula is C21H29N5O4S. The third kappa shape index (κ3) is 4.50. The second kappa shape index (κ2) is 9.44. The van der Waals surface area contributed by atoms with E-state index in [-0.39, 0.29) is 17.6 Å². The lowest BCUT2D eigenvalue weighted by molar-refractivity contribution is 0.0599. The van der Waals surface area contributed by atoms with Crippen molar-refractivity contribution < 1.29 is 19.1 Å². The molecular weight excluding hydrogens is 418 g/mol. The van der Waals surface area contributed by atoms with Gasteiger partial charge in [-0.3, -0.25) is 9.36 Å². The Labute approximate surface area is 185 Å². The van der Waals surface area contributed by atoms with E-state index in [1.54, 1.807) is 13.8 Å². The maximum absolute atomic E-state index is 12.9. The van der Waals surface area contributed by atoms with Crippen LogP contribution in [0.5, 0.6) is 0 Å². The van der Waals surface area contributed by atoms with Crippen LogP contribution in [0.25, 0.3) is 0 Å². The number of hydrogen-bond acceptors (Lipinski definition) is 8. The third-order valence-corrected chi connectivity index (χ3v) is 6.90. The summed E-state index contributed by atoms with van der Waals surface area (Å²) in [4.78, 5) is 30.3. The Morgan fingerprint density at radius 1 is 1.23 bits per heavy atom. The quantitative estimate of drug-likeness (QED) is 0.374. The standard InChI is InChI=1S/C21H29N5O4S/c1-13-17(19(28)29-3)14(2)22-18(13)16(27)12-31-21-24-23-20(25-8-4-5-9-25)26(21)11-15-7-6-10-30-15/h15,22H,4-12H2,1-3H3/t15-/m0/s1. The monoisotopic (exact) mass is 447 g/mol. The van der Waals surface area contributed by atoms with Crippen LogP contribution in [0, 0.1) is 13.8 Å². The summed E-state index contributed by atoms with van der Waals surface area (Å²) in [5.74, 6) is 0.535. The molecule has 4 rings (SSSR count). The first kappa shape index (κ1) is 21.9. The zero-order valence-corrected chi connectivity index (χ0v) is 19.1. The fourth-order valence-electron chi connectivity index (χ4n) is 4.33. The molecule has 2 fully saturated rings. The fourth-order valence-corrected chi connectivity index (χ4v) is 5.15. The number of carbonyl (C=O) groups is 2. The van der Waals surface area contributed by atoms with E-state index in [4.69, 9.17) is 9.47 Å². The Bertz CT molecular complexity index is 957. The van der Waals surface area contributed by atoms with Crippen molar-refractivity contribution in [3.05, 3.63) is 22.5 Å². The molecule has 0 radical (unpaired) electrons. The Morgan fingerprint density at radius 2 is 2.00 bits per heavy atom. The summed E-state index contributed by atoms with van der Waals surface area (Å²) in [7, 11) is 1.34. The van der Waals surface area contributed by atoms with Crippen LogP contribution in [-0.4, -0.2) is 70.2 Å². The highest BCUT2D eigenvalue weighted by molar-refractivity contribution is 7.99. The second-order valence-corrected chi connectivity index (χ2v) is 8.99. The van der Waals surface area contributed by atoms with E-state index in [0.717, 1.165) is 56.5 Å². The maximum Gasteiger partial charge on any atom is 0.339 e. The maximum atomic E-state index is 12.9. The van der Waals surface area contributed by atoms with E-state index in [1.165, 1.54) is 18.9 Å². The lowest BCUT2D eigenvalue weighted by Crippen LogP contribution is -2.25. The zero-order chi connectivity index (χ0) is 22.0. The SMILES string of the molecule is COC(=O)c1c(C)[nH]c(C(=O)CSc2nnc(N3CCCC3)n2C[C@@H]2CCCO2)c1C. The summed E-state index contributed by atoms with van der Waals surface area (Å²) < 4.78 is 12.8. The molecule has 1 N–H and O–H groups in total. The number of H-pyrrole nitrogens is 1. The molecule has 1 atom stereocenters. The summed E-state index contributed by atoms with van der Waals surface area (Å²) in [6, 6.07) is 0. The van der Waals surface area contributed by atoms with Gasteiger partial charge >= 0.3 is 5.97 Å². The Kier molecular flexibility index (Phi) is 6.66. The van der Waals surface area contributed by atoms with Gasteiger partial charge in [0.05, 0.1) is 36.8 Å². The van der Waals surface area contributed by atoms with Crippen molar-refractivity contribution in [3.63, 3.8) is 0 Å². The normalized spacial score (nSPS) is 18.7. The number of Topliss-reactive ketones (excluding diaryl/α,β-unsaturated/α-hetero) is 1. The van der Waals surface area contributed by atoms with E-state index in [2.05, 4.69) is 24.6 Å². The topological polar surface area (TPSA) is 102 Å². The summed E-state index contributed by atoms with van der Waals surface area (Å²) in [6.07, 6.45) is 4.56. The molecule has 31 heavy (non-hydrogen) atoms. The molecule has 2 saturated heterocycles. The number of ketones is 1. The predicted molar refractivity (Wildman–Crippen MR) is 117 cm³/mol. The van der Waals surface area contributed by atoms with E-state index in [0.29, 0.717) is 29.1 Å². The fraction of sp³-hybridized carbons (Fsp3) is 0.619. The highest BCUT2D eigenvalue weighted by Gasteiger charge is 2.27. The van der Waals surface area contributed by atoms with Gasteiger partial charge in [-0.25, -0.2) is 4.79 Å². The lowest BCUT2D eigenvalue weighted by atomic mass is 10.1. The number of methoxy groups -OCH3 is 1. The van der Waals surface area contributed by atoms with Gasteiger partial charge < -0.3 is 19.4 Å². The van der Waals surface area contributed by atoms with Crippen molar-refractivity contribution in [2.75, 3.05) is 37.5 Å². The Balaban J connectivity index is 1.51. The molecule has 0 saturated carbocycles. The van der Waals surface area contributed by atoms with Gasteiger partial charge in [0.25, 0.3) is 0 Å². The molecule has 10 heteroatoms. The van der Waals surface area contributed by atoms with Gasteiger partial charge in [-0.05, 0) is 45.1 Å². The van der Waals surface area contributed by atoms with Crippen molar-refractivity contribution >= 4 is 29.5 Å². The van der Waals surface area contributed by atoms with Crippen LogP contribution < -0.4 is 4.90 Å². The molecule has 2 aromatic heterocycles. The minimum atomic E-state index is -0.440. The molecule has 9 nitrogen and oxygen atoms in total. The first-order valence-electron chi connectivity index (χ1n) is 10.7. The summed E-state index contributed by atoms with van der Waals surface area (Å²) in [6.45, 7) is 6.97. The third-order valence-electron chi connectivity index (χ3n) is 5.93. The van der Waals surface area contributed by atoms with Crippen molar-refractivity contribution in [1.29, 1.82) is 0 Å². The number of ether oxygens (including phenoxy) is 2. The van der Waals surface area contributed by atoms with Gasteiger partial charge in [-0.1, -0.05) is 11.8 Å². The smallest absolute Gasteiger partial charge is 0.339 e. The number of hydrogen-bond donors (Lipinski definition) is 1. The molecule has 2 aromatic rings. The average Bonchev–Trinajstić information content (AvgIpc) is 3.54. The van der Waals surface area contributed by atoms with Crippen LogP contribution >= 0.6 is 11.8 Å². The van der Waals surface area contributed by atoms with Crippen molar-refractivity contribution in [3.8, 4) is 0 Å². The average molecular weight is 448 g/mol. The highest BCUT2D eigenvalue weighted by atomic mass is 32.2. The number of nitrogens with zero attached hydrogens (tertiary/aromatic N) is 4. The van der Waals surface area contributed by atoms with E-state index in [1.807, 2.05) is 0 Å². The molecule has 0 bridgehead atoms. The minimum Gasteiger partial charge on any atom is -0.465 e. The van der Waals surface area contributed by atoms with Crippen molar-refractivity contribution in [1.82, 2.24) is 19.7 Å². The number of nitrogens with one attached hydrogen (secondary N) is 1. The van der Waals surface area contributed by atoms with Crippen LogP contribution in [0.1, 0.15) is 57.8 Å². The highest BCUT2D eigenvalue weighted by Crippen LogP contribution is 2.28. The molecule has 4 heterocycles. The number of aromatic amines is 1. The number of thioether (sulfide) groups is 1. The van der Waals surface area contributed by atoms with Gasteiger partial charge in [0.1, 0.15) is 0 Å². The van der Waals surface area contributed by atoms with Crippen LogP contribution in [0.2, 0.25) is 0 Å². The number of anilines is 1. The van der Waals surface area contributed by atoms with Gasteiger partial charge in [0.15, 0.2) is 10.9 Å². The zero-order valence-electron chi connectivity index (χ0n) is 18.3. The lowest BCUT2D eigenvalue weighted by Gasteiger charge is -2.20. The van der Waals surface area contributed by atoms with Gasteiger partial charge in [0.2, 0.25) is 5.95 Å². The van der Waals surface area contributed by atoms with Gasteiger partial charge in [-0.15, -0.1) is 10.2 Å². The molecule has 2 aliphatic rings. The minimum absolute atomic E-state index is 0.0878. The molecule has 0 aromatic carbocycles. The van der Waals surface area contributed by atoms with E-state index >= 15 is 0 Å². The number of aromatic nitrogens is 4. The molecule has 0 amide bonds. The Hall–Kier alpha value is -2.33.